The molecular weight excluding hydrogens is 280 g/mol. The third-order valence-electron chi connectivity index (χ3n) is 3.40. The summed E-state index contributed by atoms with van der Waals surface area (Å²) in [6.45, 7) is 9.01. The molecule has 6 heteroatoms. The van der Waals surface area contributed by atoms with Crippen molar-refractivity contribution in [3.8, 4) is 0 Å². The molecule has 4 nitrogen and oxygen atoms in total. The van der Waals surface area contributed by atoms with Gasteiger partial charge in [0.2, 0.25) is 10.0 Å². The molecule has 1 heterocycles. The number of rotatable bonds is 6. The van der Waals surface area contributed by atoms with Gasteiger partial charge in [-0.05, 0) is 24.0 Å². The van der Waals surface area contributed by atoms with E-state index in [0.717, 1.165) is 11.3 Å². The van der Waals surface area contributed by atoms with Gasteiger partial charge in [0.1, 0.15) is 4.21 Å². The maximum absolute atomic E-state index is 12.2. The molecule has 1 aromatic heterocycles. The molecule has 1 unspecified atom stereocenters. The molecule has 1 aromatic rings. The summed E-state index contributed by atoms with van der Waals surface area (Å²) in [6, 6.07) is 4.05. The van der Waals surface area contributed by atoms with Gasteiger partial charge in [0, 0.05) is 23.5 Å². The van der Waals surface area contributed by atoms with Gasteiger partial charge in [0.15, 0.2) is 0 Å². The van der Waals surface area contributed by atoms with Crippen molar-refractivity contribution in [3.05, 3.63) is 17.0 Å². The molecule has 1 fully saturated rings. The first-order valence-corrected chi connectivity index (χ1v) is 8.85. The second-order valence-corrected chi connectivity index (χ2v) is 9.23. The number of sulfonamides is 1. The highest BCUT2D eigenvalue weighted by atomic mass is 32.2. The smallest absolute Gasteiger partial charge is 0.250 e. The van der Waals surface area contributed by atoms with Crippen molar-refractivity contribution in [1.29, 1.82) is 0 Å². The number of thiophene rings is 1. The summed E-state index contributed by atoms with van der Waals surface area (Å²) in [7, 11) is -3.35. The molecule has 108 valence electrons. The lowest BCUT2D eigenvalue weighted by Crippen LogP contribution is -2.27. The summed E-state index contributed by atoms with van der Waals surface area (Å²) >= 11 is 1.34. The minimum absolute atomic E-state index is 0.0804. The van der Waals surface area contributed by atoms with Crippen LogP contribution in [0.1, 0.15) is 39.0 Å². The zero-order valence-electron chi connectivity index (χ0n) is 11.9. The molecule has 0 radical (unpaired) electrons. The summed E-state index contributed by atoms with van der Waals surface area (Å²) in [5, 5.41) is 3.29. The largest absolute Gasteiger partial charge is 0.310 e. The lowest BCUT2D eigenvalue weighted by atomic mass is 10.2. The van der Waals surface area contributed by atoms with Gasteiger partial charge in [0.25, 0.3) is 0 Å². The van der Waals surface area contributed by atoms with Crippen LogP contribution >= 0.6 is 11.3 Å². The zero-order chi connectivity index (χ0) is 14.3. The average Bonchev–Trinajstić information content (AvgIpc) is 2.73. The molecule has 0 saturated heterocycles. The molecule has 0 aliphatic heterocycles. The summed E-state index contributed by atoms with van der Waals surface area (Å²) < 4.78 is 27.6. The predicted molar refractivity (Wildman–Crippen MR) is 78.8 cm³/mol. The normalized spacial score (nSPS) is 21.8. The molecule has 1 aliphatic rings. The van der Waals surface area contributed by atoms with Crippen molar-refractivity contribution in [2.75, 3.05) is 0 Å². The van der Waals surface area contributed by atoms with Gasteiger partial charge >= 0.3 is 0 Å². The van der Waals surface area contributed by atoms with Gasteiger partial charge in [-0.15, -0.1) is 11.3 Å². The maximum atomic E-state index is 12.2. The predicted octanol–water partition coefficient (Wildman–Crippen LogP) is 2.32. The van der Waals surface area contributed by atoms with E-state index in [0.29, 0.717) is 16.8 Å². The van der Waals surface area contributed by atoms with Crippen molar-refractivity contribution in [2.45, 2.75) is 57.0 Å². The Morgan fingerprint density at radius 1 is 1.42 bits per heavy atom. The summed E-state index contributed by atoms with van der Waals surface area (Å²) in [6.07, 6.45) is 0.916. The Bertz CT molecular complexity index is 547. The Balaban J connectivity index is 2.01. The van der Waals surface area contributed by atoms with Gasteiger partial charge in [-0.3, -0.25) is 0 Å². The monoisotopic (exact) mass is 302 g/mol. The van der Waals surface area contributed by atoms with Crippen LogP contribution in [0.4, 0.5) is 0 Å². The Kier molecular flexibility index (Phi) is 4.07. The molecule has 1 aliphatic carbocycles. The topological polar surface area (TPSA) is 58.2 Å². The van der Waals surface area contributed by atoms with Crippen LogP contribution in [0.5, 0.6) is 0 Å². The third-order valence-corrected chi connectivity index (χ3v) is 6.45. The molecule has 0 spiro atoms. The molecule has 0 amide bonds. The van der Waals surface area contributed by atoms with E-state index in [1.54, 1.807) is 6.07 Å². The van der Waals surface area contributed by atoms with Crippen LogP contribution in [0.15, 0.2) is 16.3 Å². The highest BCUT2D eigenvalue weighted by Crippen LogP contribution is 2.45. The fourth-order valence-corrected chi connectivity index (χ4v) is 4.55. The van der Waals surface area contributed by atoms with Gasteiger partial charge in [-0.25, -0.2) is 13.1 Å². The van der Waals surface area contributed by atoms with Crippen LogP contribution in [0, 0.1) is 5.41 Å². The maximum Gasteiger partial charge on any atom is 0.250 e. The number of hydrogen-bond acceptors (Lipinski definition) is 4. The first-order chi connectivity index (χ1) is 8.71. The van der Waals surface area contributed by atoms with E-state index in [9.17, 15) is 8.42 Å². The Hall–Kier alpha value is -0.430. The molecule has 0 bridgehead atoms. The van der Waals surface area contributed by atoms with Gasteiger partial charge in [0.05, 0.1) is 0 Å². The number of nitrogens with one attached hydrogen (secondary N) is 2. The van der Waals surface area contributed by atoms with E-state index in [1.165, 1.54) is 11.3 Å². The van der Waals surface area contributed by atoms with Crippen LogP contribution in [-0.2, 0) is 16.6 Å². The first-order valence-electron chi connectivity index (χ1n) is 6.55. The molecular formula is C13H22N2O2S2. The fourth-order valence-electron chi connectivity index (χ4n) is 1.82. The van der Waals surface area contributed by atoms with Gasteiger partial charge < -0.3 is 5.32 Å². The van der Waals surface area contributed by atoms with Crippen molar-refractivity contribution < 1.29 is 8.42 Å². The van der Waals surface area contributed by atoms with Crippen LogP contribution in [0.2, 0.25) is 0 Å². The summed E-state index contributed by atoms with van der Waals surface area (Å²) in [4.78, 5) is 1.05. The second-order valence-electron chi connectivity index (χ2n) is 6.12. The highest BCUT2D eigenvalue weighted by Gasteiger charge is 2.48. The van der Waals surface area contributed by atoms with E-state index in [1.807, 2.05) is 6.07 Å². The highest BCUT2D eigenvalue weighted by molar-refractivity contribution is 7.91. The second kappa shape index (κ2) is 5.16. The van der Waals surface area contributed by atoms with Crippen LogP contribution in [-0.4, -0.2) is 20.5 Å². The van der Waals surface area contributed by atoms with E-state index in [4.69, 9.17) is 0 Å². The van der Waals surface area contributed by atoms with Crippen molar-refractivity contribution in [1.82, 2.24) is 10.0 Å². The average molecular weight is 302 g/mol. The van der Waals surface area contributed by atoms with Crippen molar-refractivity contribution >= 4 is 21.4 Å². The lowest BCUT2D eigenvalue weighted by molar-refractivity contribution is 0.556. The van der Waals surface area contributed by atoms with Crippen LogP contribution < -0.4 is 10.0 Å². The van der Waals surface area contributed by atoms with E-state index in [-0.39, 0.29) is 11.5 Å². The number of hydrogen-bond donors (Lipinski definition) is 2. The first kappa shape index (κ1) is 15.0. The van der Waals surface area contributed by atoms with E-state index >= 15 is 0 Å². The summed E-state index contributed by atoms with van der Waals surface area (Å²) in [5.41, 5.74) is 0.104. The minimum Gasteiger partial charge on any atom is -0.310 e. The lowest BCUT2D eigenvalue weighted by Gasteiger charge is -2.07. The minimum atomic E-state index is -3.35. The van der Waals surface area contributed by atoms with Gasteiger partial charge in [-0.2, -0.15) is 0 Å². The molecule has 2 N–H and O–H groups in total. The molecule has 0 aromatic carbocycles. The molecule has 1 saturated carbocycles. The van der Waals surface area contributed by atoms with Gasteiger partial charge in [-0.1, -0.05) is 27.7 Å². The Labute approximate surface area is 119 Å². The Morgan fingerprint density at radius 3 is 2.58 bits per heavy atom. The molecule has 2 rings (SSSR count). The van der Waals surface area contributed by atoms with Crippen molar-refractivity contribution in [3.63, 3.8) is 0 Å². The quantitative estimate of drug-likeness (QED) is 0.848. The molecule has 19 heavy (non-hydrogen) atoms. The van der Waals surface area contributed by atoms with Crippen LogP contribution in [0.25, 0.3) is 0 Å². The Morgan fingerprint density at radius 2 is 2.05 bits per heavy atom. The zero-order valence-corrected chi connectivity index (χ0v) is 13.5. The van der Waals surface area contributed by atoms with E-state index in [2.05, 4.69) is 37.7 Å². The third kappa shape index (κ3) is 3.78. The van der Waals surface area contributed by atoms with Crippen molar-refractivity contribution in [2.24, 2.45) is 5.41 Å². The standard InChI is InChI=1S/C13H22N2O2S2/c1-9(2)14-8-10-5-6-12(18-10)19(16,17)15-11-7-13(11,3)4/h5-6,9,11,14-15H,7-8H2,1-4H3. The van der Waals surface area contributed by atoms with Crippen LogP contribution in [0.3, 0.4) is 0 Å². The SMILES string of the molecule is CC(C)NCc1ccc(S(=O)(=O)NC2CC2(C)C)s1. The van der Waals surface area contributed by atoms with E-state index < -0.39 is 10.0 Å². The molecule has 1 atom stereocenters. The summed E-state index contributed by atoms with van der Waals surface area (Å²) in [5.74, 6) is 0. The fraction of sp³-hybridized carbons (Fsp3) is 0.692.